The van der Waals surface area contributed by atoms with Crippen molar-refractivity contribution in [1.29, 1.82) is 0 Å². The molecule has 0 saturated heterocycles. The average molecular weight is 179 g/mol. The van der Waals surface area contributed by atoms with E-state index in [1.165, 1.54) is 10.5 Å². The molecule has 0 unspecified atom stereocenters. The molecule has 0 radical (unpaired) electrons. The van der Waals surface area contributed by atoms with Crippen LogP contribution in [0.3, 0.4) is 0 Å². The summed E-state index contributed by atoms with van der Waals surface area (Å²) in [5.74, 6) is 0. The van der Waals surface area contributed by atoms with Gasteiger partial charge >= 0.3 is 0 Å². The van der Waals surface area contributed by atoms with Gasteiger partial charge in [-0.15, -0.1) is 11.8 Å². The van der Waals surface area contributed by atoms with Gasteiger partial charge in [-0.05, 0) is 25.5 Å². The molecule has 1 aromatic carbocycles. The zero-order chi connectivity index (χ0) is 8.60. The molecule has 0 bridgehead atoms. The van der Waals surface area contributed by atoms with Crippen molar-refractivity contribution in [2.75, 3.05) is 0 Å². The molecule has 64 valence electrons. The Balaban J connectivity index is 2.35. The zero-order valence-electron chi connectivity index (χ0n) is 7.42. The molecule has 1 N–H and O–H groups in total. The molecule has 1 aliphatic rings. The lowest BCUT2D eigenvalue weighted by Crippen LogP contribution is -2.38. The van der Waals surface area contributed by atoms with Gasteiger partial charge < -0.3 is 0 Å². The minimum absolute atomic E-state index is 0.189. The molecule has 1 nitrogen and oxygen atoms in total. The molecule has 0 amide bonds. The monoisotopic (exact) mass is 179 g/mol. The first-order chi connectivity index (χ1) is 5.67. The Labute approximate surface area is 77.6 Å². The van der Waals surface area contributed by atoms with Gasteiger partial charge in [0.2, 0.25) is 0 Å². The maximum Gasteiger partial charge on any atom is 0.0637 e. The van der Waals surface area contributed by atoms with Crippen molar-refractivity contribution in [2.45, 2.75) is 30.2 Å². The Morgan fingerprint density at radius 1 is 1.33 bits per heavy atom. The third-order valence-corrected chi connectivity index (χ3v) is 3.32. The van der Waals surface area contributed by atoms with Gasteiger partial charge in [0.25, 0.3) is 0 Å². The quantitative estimate of drug-likeness (QED) is 0.657. The van der Waals surface area contributed by atoms with E-state index < -0.39 is 0 Å². The van der Waals surface area contributed by atoms with Crippen molar-refractivity contribution < 1.29 is 0 Å². The normalized spacial score (nSPS) is 20.2. The van der Waals surface area contributed by atoms with Crippen LogP contribution in [0.2, 0.25) is 0 Å². The third kappa shape index (κ3) is 1.50. The molecule has 2 rings (SSSR count). The van der Waals surface area contributed by atoms with Crippen molar-refractivity contribution in [3.8, 4) is 0 Å². The van der Waals surface area contributed by atoms with Crippen LogP contribution in [0.4, 0.5) is 0 Å². The minimum atomic E-state index is 0.189. The Morgan fingerprint density at radius 3 is 2.92 bits per heavy atom. The molecule has 0 fully saturated rings. The summed E-state index contributed by atoms with van der Waals surface area (Å²) in [6.07, 6.45) is 0. The highest BCUT2D eigenvalue weighted by atomic mass is 32.2. The Kier molecular flexibility index (Phi) is 1.89. The van der Waals surface area contributed by atoms with Crippen LogP contribution in [-0.4, -0.2) is 4.87 Å². The molecule has 0 aromatic heterocycles. The number of thioether (sulfide) groups is 1. The third-order valence-electron chi connectivity index (χ3n) is 2.04. The second-order valence-electron chi connectivity index (χ2n) is 3.57. The van der Waals surface area contributed by atoms with Gasteiger partial charge in [0.15, 0.2) is 0 Å². The van der Waals surface area contributed by atoms with Gasteiger partial charge in [0.1, 0.15) is 0 Å². The molecule has 1 aromatic rings. The van der Waals surface area contributed by atoms with E-state index in [1.54, 1.807) is 0 Å². The van der Waals surface area contributed by atoms with Crippen LogP contribution in [0.1, 0.15) is 19.4 Å². The van der Waals surface area contributed by atoms with Gasteiger partial charge in [-0.25, -0.2) is 0 Å². The predicted octanol–water partition coefficient (Wildman–Crippen LogP) is 2.62. The summed E-state index contributed by atoms with van der Waals surface area (Å²) in [5, 5.41) is 3.48. The van der Waals surface area contributed by atoms with Crippen LogP contribution in [-0.2, 0) is 6.54 Å². The topological polar surface area (TPSA) is 12.0 Å². The number of fused-ring (bicyclic) bond motifs is 1. The van der Waals surface area contributed by atoms with Crippen molar-refractivity contribution in [1.82, 2.24) is 5.32 Å². The van der Waals surface area contributed by atoms with E-state index in [1.807, 2.05) is 11.8 Å². The Morgan fingerprint density at radius 2 is 2.08 bits per heavy atom. The molecule has 0 aliphatic carbocycles. The first-order valence-corrected chi connectivity index (χ1v) is 5.01. The lowest BCUT2D eigenvalue weighted by atomic mass is 10.2. The highest BCUT2D eigenvalue weighted by molar-refractivity contribution is 8.00. The summed E-state index contributed by atoms with van der Waals surface area (Å²) in [4.78, 5) is 1.61. The summed E-state index contributed by atoms with van der Waals surface area (Å²) in [6, 6.07) is 8.58. The largest absolute Gasteiger partial charge is 0.299 e. The summed E-state index contributed by atoms with van der Waals surface area (Å²) >= 11 is 1.90. The van der Waals surface area contributed by atoms with Crippen LogP contribution >= 0.6 is 11.8 Å². The first kappa shape index (κ1) is 8.14. The van der Waals surface area contributed by atoms with Gasteiger partial charge in [0, 0.05) is 11.4 Å². The average Bonchev–Trinajstić information content (AvgIpc) is 2.02. The van der Waals surface area contributed by atoms with E-state index in [2.05, 4.69) is 43.4 Å². The van der Waals surface area contributed by atoms with Crippen molar-refractivity contribution in [3.05, 3.63) is 29.8 Å². The maximum absolute atomic E-state index is 3.48. The molecule has 0 saturated carbocycles. The van der Waals surface area contributed by atoms with Crippen LogP contribution in [0.15, 0.2) is 29.2 Å². The Hall–Kier alpha value is -0.470. The van der Waals surface area contributed by atoms with E-state index >= 15 is 0 Å². The van der Waals surface area contributed by atoms with Gasteiger partial charge in [-0.3, -0.25) is 5.32 Å². The second-order valence-corrected chi connectivity index (χ2v) is 5.24. The van der Waals surface area contributed by atoms with Crippen molar-refractivity contribution in [2.24, 2.45) is 0 Å². The molecule has 0 atom stereocenters. The van der Waals surface area contributed by atoms with Gasteiger partial charge in [0.05, 0.1) is 4.87 Å². The fourth-order valence-electron chi connectivity index (χ4n) is 1.37. The predicted molar refractivity (Wildman–Crippen MR) is 53.2 cm³/mol. The van der Waals surface area contributed by atoms with Gasteiger partial charge in [-0.2, -0.15) is 0 Å². The van der Waals surface area contributed by atoms with E-state index in [0.717, 1.165) is 6.54 Å². The minimum Gasteiger partial charge on any atom is -0.299 e. The summed E-state index contributed by atoms with van der Waals surface area (Å²) in [6.45, 7) is 5.43. The van der Waals surface area contributed by atoms with Crippen LogP contribution in [0, 0.1) is 0 Å². The standard InChI is InChI=1S/C10H13NS/c1-10(2)11-7-8-5-3-4-6-9(8)12-10/h3-6,11H,7H2,1-2H3. The van der Waals surface area contributed by atoms with Gasteiger partial charge in [-0.1, -0.05) is 18.2 Å². The van der Waals surface area contributed by atoms with Crippen molar-refractivity contribution in [3.63, 3.8) is 0 Å². The zero-order valence-corrected chi connectivity index (χ0v) is 8.24. The van der Waals surface area contributed by atoms with E-state index in [0.29, 0.717) is 0 Å². The van der Waals surface area contributed by atoms with Crippen molar-refractivity contribution >= 4 is 11.8 Å². The van der Waals surface area contributed by atoms with Crippen LogP contribution in [0.5, 0.6) is 0 Å². The number of nitrogens with one attached hydrogen (secondary N) is 1. The highest BCUT2D eigenvalue weighted by Crippen LogP contribution is 2.36. The highest BCUT2D eigenvalue weighted by Gasteiger charge is 2.24. The molecule has 1 aliphatic heterocycles. The summed E-state index contributed by atoms with van der Waals surface area (Å²) in [5.41, 5.74) is 1.42. The van der Waals surface area contributed by atoms with E-state index in [4.69, 9.17) is 0 Å². The van der Waals surface area contributed by atoms with Crippen LogP contribution < -0.4 is 5.32 Å². The van der Waals surface area contributed by atoms with Crippen LogP contribution in [0.25, 0.3) is 0 Å². The molecular formula is C10H13NS. The first-order valence-electron chi connectivity index (χ1n) is 4.19. The molecule has 2 heteroatoms. The Bertz CT molecular complexity index is 294. The fourth-order valence-corrected chi connectivity index (χ4v) is 2.48. The SMILES string of the molecule is CC1(C)NCc2ccccc2S1. The second kappa shape index (κ2) is 2.79. The summed E-state index contributed by atoms with van der Waals surface area (Å²) < 4.78 is 0. The maximum atomic E-state index is 3.48. The number of rotatable bonds is 0. The van der Waals surface area contributed by atoms with E-state index in [-0.39, 0.29) is 4.87 Å². The number of hydrogen-bond donors (Lipinski definition) is 1. The molecular weight excluding hydrogens is 166 g/mol. The smallest absolute Gasteiger partial charge is 0.0637 e. The fraction of sp³-hybridized carbons (Fsp3) is 0.400. The number of hydrogen-bond acceptors (Lipinski definition) is 2. The molecule has 0 spiro atoms. The lowest BCUT2D eigenvalue weighted by Gasteiger charge is -2.31. The summed E-state index contributed by atoms with van der Waals surface area (Å²) in [7, 11) is 0. The van der Waals surface area contributed by atoms with E-state index in [9.17, 15) is 0 Å². The lowest BCUT2D eigenvalue weighted by molar-refractivity contribution is 0.526. The molecule has 12 heavy (non-hydrogen) atoms. The number of benzene rings is 1. The molecule has 1 heterocycles.